The van der Waals surface area contributed by atoms with Crippen molar-refractivity contribution in [2.24, 2.45) is 0 Å². The Balaban J connectivity index is 1.48. The number of nitrogens with zero attached hydrogens (tertiary/aromatic N) is 4. The predicted molar refractivity (Wildman–Crippen MR) is 126 cm³/mol. The lowest BCUT2D eigenvalue weighted by molar-refractivity contribution is 0.0898. The number of rotatable bonds is 5. The molecule has 1 fully saturated rings. The Kier molecular flexibility index (Phi) is 5.90. The zero-order chi connectivity index (χ0) is 23.5. The molecule has 1 aliphatic rings. The van der Waals surface area contributed by atoms with Gasteiger partial charge in [0.05, 0.1) is 5.52 Å². The summed E-state index contributed by atoms with van der Waals surface area (Å²) in [4.78, 5) is 25.8. The molecule has 0 aliphatic carbocycles. The minimum absolute atomic E-state index is 0.116. The number of aromatic nitrogens is 3. The van der Waals surface area contributed by atoms with Crippen LogP contribution in [0.3, 0.4) is 0 Å². The van der Waals surface area contributed by atoms with E-state index in [2.05, 4.69) is 20.3 Å². The second-order valence-corrected chi connectivity index (χ2v) is 8.06. The normalized spacial score (nSPS) is 14.2. The highest BCUT2D eigenvalue weighted by Crippen LogP contribution is 2.35. The van der Waals surface area contributed by atoms with E-state index in [0.717, 1.165) is 16.5 Å². The number of anilines is 2. The number of pyridine rings is 1. The van der Waals surface area contributed by atoms with Crippen LogP contribution in [0.4, 0.5) is 20.8 Å². The van der Waals surface area contributed by atoms with Crippen molar-refractivity contribution in [2.45, 2.75) is 18.9 Å². The summed E-state index contributed by atoms with van der Waals surface area (Å²) in [5.74, 6) is 0.633. The maximum Gasteiger partial charge on any atom is 0.407 e. The van der Waals surface area contributed by atoms with Crippen LogP contribution in [0.25, 0.3) is 22.0 Å². The number of amides is 1. The van der Waals surface area contributed by atoms with Crippen molar-refractivity contribution in [3.8, 4) is 16.9 Å². The molecule has 1 saturated heterocycles. The molecule has 2 aromatic heterocycles. The molecule has 172 valence electrons. The van der Waals surface area contributed by atoms with E-state index in [1.54, 1.807) is 30.7 Å². The van der Waals surface area contributed by atoms with Crippen LogP contribution in [-0.4, -0.2) is 50.2 Å². The van der Waals surface area contributed by atoms with E-state index >= 15 is 0 Å². The van der Waals surface area contributed by atoms with Gasteiger partial charge in [-0.15, -0.1) is 0 Å². The fourth-order valence-corrected chi connectivity index (χ4v) is 4.00. The molecule has 0 spiro atoms. The summed E-state index contributed by atoms with van der Waals surface area (Å²) in [5.41, 5.74) is 2.97. The zero-order valence-electron chi connectivity index (χ0n) is 18.2. The standard InChI is InChI=1S/C25H22FN5O3/c26-18-4-1-5-19(12-18)29-24-28-15-17-11-21(16-3-2-8-27-14-16)23(13-22(17)30-24)34-20-6-9-31(10-7-20)25(32)33/h1-5,8,11-15,20H,6-7,9-10H2,(H,32,33)(H,28,29,30). The first-order chi connectivity index (χ1) is 16.5. The van der Waals surface area contributed by atoms with Crippen LogP contribution >= 0.6 is 0 Å². The molecular weight excluding hydrogens is 437 g/mol. The van der Waals surface area contributed by atoms with E-state index in [-0.39, 0.29) is 11.9 Å². The Bertz CT molecular complexity index is 1330. The number of halogens is 1. The molecule has 0 atom stereocenters. The quantitative estimate of drug-likeness (QED) is 0.428. The number of carbonyl (C=O) groups is 1. The molecule has 4 aromatic rings. The van der Waals surface area contributed by atoms with Gasteiger partial charge in [-0.25, -0.2) is 19.2 Å². The molecule has 9 heteroatoms. The van der Waals surface area contributed by atoms with Gasteiger partial charge in [0, 0.05) is 72.8 Å². The smallest absolute Gasteiger partial charge is 0.407 e. The Morgan fingerprint density at radius 3 is 2.71 bits per heavy atom. The molecule has 34 heavy (non-hydrogen) atoms. The molecule has 0 saturated carbocycles. The first-order valence-electron chi connectivity index (χ1n) is 10.9. The van der Waals surface area contributed by atoms with Gasteiger partial charge in [-0.2, -0.15) is 0 Å². The number of fused-ring (bicyclic) bond motifs is 1. The molecule has 0 radical (unpaired) electrons. The molecule has 8 nitrogen and oxygen atoms in total. The van der Waals surface area contributed by atoms with E-state index in [4.69, 9.17) is 4.74 Å². The fraction of sp³-hybridized carbons (Fsp3) is 0.200. The highest BCUT2D eigenvalue weighted by atomic mass is 19.1. The number of nitrogens with one attached hydrogen (secondary N) is 1. The number of likely N-dealkylation sites (tertiary alicyclic amines) is 1. The Morgan fingerprint density at radius 2 is 1.97 bits per heavy atom. The first-order valence-corrected chi connectivity index (χ1v) is 10.9. The van der Waals surface area contributed by atoms with E-state index in [1.807, 2.05) is 24.3 Å². The summed E-state index contributed by atoms with van der Waals surface area (Å²) in [6.07, 6.45) is 5.37. The molecule has 3 heterocycles. The SMILES string of the molecule is O=C(O)N1CCC(Oc2cc3nc(Nc4cccc(F)c4)ncc3cc2-c2cccnc2)CC1. The molecule has 1 aliphatic heterocycles. The predicted octanol–water partition coefficient (Wildman–Crippen LogP) is 5.10. The van der Waals surface area contributed by atoms with Gasteiger partial charge in [-0.05, 0) is 30.3 Å². The molecule has 0 unspecified atom stereocenters. The van der Waals surface area contributed by atoms with Gasteiger partial charge in [0.25, 0.3) is 0 Å². The summed E-state index contributed by atoms with van der Waals surface area (Å²) in [6.45, 7) is 0.860. The highest BCUT2D eigenvalue weighted by molar-refractivity contribution is 5.88. The second kappa shape index (κ2) is 9.30. The van der Waals surface area contributed by atoms with Crippen molar-refractivity contribution in [1.82, 2.24) is 19.9 Å². The van der Waals surface area contributed by atoms with Crippen molar-refractivity contribution in [2.75, 3.05) is 18.4 Å². The van der Waals surface area contributed by atoms with Gasteiger partial charge < -0.3 is 20.1 Å². The maximum atomic E-state index is 13.5. The molecular formula is C25H22FN5O3. The second-order valence-electron chi connectivity index (χ2n) is 8.06. The van der Waals surface area contributed by atoms with Crippen molar-refractivity contribution < 1.29 is 19.0 Å². The van der Waals surface area contributed by atoms with E-state index in [9.17, 15) is 14.3 Å². The van der Waals surface area contributed by atoms with Gasteiger partial charge in [0.15, 0.2) is 0 Å². The van der Waals surface area contributed by atoms with Gasteiger partial charge in [-0.3, -0.25) is 4.98 Å². The highest BCUT2D eigenvalue weighted by Gasteiger charge is 2.24. The summed E-state index contributed by atoms with van der Waals surface area (Å²) in [7, 11) is 0. The largest absolute Gasteiger partial charge is 0.490 e. The lowest BCUT2D eigenvalue weighted by atomic mass is 10.0. The summed E-state index contributed by atoms with van der Waals surface area (Å²) in [5, 5.41) is 13.1. The first kappa shape index (κ1) is 21.6. The monoisotopic (exact) mass is 459 g/mol. The fourth-order valence-electron chi connectivity index (χ4n) is 4.00. The minimum Gasteiger partial charge on any atom is -0.490 e. The van der Waals surface area contributed by atoms with Crippen LogP contribution in [0.1, 0.15) is 12.8 Å². The molecule has 1 amide bonds. The Labute approximate surface area is 195 Å². The van der Waals surface area contributed by atoms with Crippen LogP contribution in [-0.2, 0) is 0 Å². The van der Waals surface area contributed by atoms with E-state index < -0.39 is 6.09 Å². The molecule has 2 aromatic carbocycles. The van der Waals surface area contributed by atoms with Crippen molar-refractivity contribution in [3.63, 3.8) is 0 Å². The average Bonchev–Trinajstić information content (AvgIpc) is 2.84. The average molecular weight is 459 g/mol. The number of carboxylic acid groups (broad SMARTS) is 1. The van der Waals surface area contributed by atoms with Crippen molar-refractivity contribution in [1.29, 1.82) is 0 Å². The topological polar surface area (TPSA) is 100 Å². The van der Waals surface area contributed by atoms with Gasteiger partial charge in [0.1, 0.15) is 17.7 Å². The lowest BCUT2D eigenvalue weighted by Crippen LogP contribution is -2.41. The lowest BCUT2D eigenvalue weighted by Gasteiger charge is -2.30. The summed E-state index contributed by atoms with van der Waals surface area (Å²) >= 11 is 0. The van der Waals surface area contributed by atoms with Crippen LogP contribution in [0.2, 0.25) is 0 Å². The third-order valence-electron chi connectivity index (χ3n) is 5.74. The van der Waals surface area contributed by atoms with Gasteiger partial charge in [-0.1, -0.05) is 12.1 Å². The Hall–Kier alpha value is -4.27. The number of piperidine rings is 1. The molecule has 5 rings (SSSR count). The summed E-state index contributed by atoms with van der Waals surface area (Å²) < 4.78 is 19.9. The Morgan fingerprint density at radius 1 is 1.12 bits per heavy atom. The van der Waals surface area contributed by atoms with Crippen LogP contribution in [0.5, 0.6) is 5.75 Å². The van der Waals surface area contributed by atoms with E-state index in [0.29, 0.717) is 48.8 Å². The third kappa shape index (κ3) is 4.73. The van der Waals surface area contributed by atoms with Crippen LogP contribution < -0.4 is 10.1 Å². The van der Waals surface area contributed by atoms with Crippen LogP contribution in [0.15, 0.2) is 67.1 Å². The number of benzene rings is 2. The molecule has 2 N–H and O–H groups in total. The van der Waals surface area contributed by atoms with Crippen molar-refractivity contribution >= 4 is 28.6 Å². The van der Waals surface area contributed by atoms with E-state index in [1.165, 1.54) is 17.0 Å². The third-order valence-corrected chi connectivity index (χ3v) is 5.74. The number of ether oxygens (including phenoxy) is 1. The number of hydrogen-bond donors (Lipinski definition) is 2. The number of hydrogen-bond acceptors (Lipinski definition) is 6. The minimum atomic E-state index is -0.907. The van der Waals surface area contributed by atoms with Crippen molar-refractivity contribution in [3.05, 3.63) is 72.9 Å². The zero-order valence-corrected chi connectivity index (χ0v) is 18.2. The van der Waals surface area contributed by atoms with Gasteiger partial charge in [0.2, 0.25) is 5.95 Å². The summed E-state index contributed by atoms with van der Waals surface area (Å²) in [6, 6.07) is 13.7. The molecule has 0 bridgehead atoms. The van der Waals surface area contributed by atoms with Crippen LogP contribution in [0, 0.1) is 5.82 Å². The maximum absolute atomic E-state index is 13.5. The van der Waals surface area contributed by atoms with Gasteiger partial charge >= 0.3 is 6.09 Å².